The van der Waals surface area contributed by atoms with E-state index >= 15 is 0 Å². The first-order chi connectivity index (χ1) is 9.16. The predicted octanol–water partition coefficient (Wildman–Crippen LogP) is 2.77. The van der Waals surface area contributed by atoms with Crippen LogP contribution in [0.1, 0.15) is 58.3 Å². The first kappa shape index (κ1) is 17.9. The number of hydrogen-bond acceptors (Lipinski definition) is 4. The van der Waals surface area contributed by atoms with Crippen LogP contribution in [-0.4, -0.2) is 36.9 Å². The predicted molar refractivity (Wildman–Crippen MR) is 72.0 cm³/mol. The number of carboxylic acids is 1. The third-order valence-electron chi connectivity index (χ3n) is 2.68. The van der Waals surface area contributed by atoms with Crippen LogP contribution < -0.4 is 0 Å². The van der Waals surface area contributed by atoms with Crippen molar-refractivity contribution in [3.8, 4) is 0 Å². The van der Waals surface area contributed by atoms with Crippen molar-refractivity contribution in [1.29, 1.82) is 0 Å². The minimum absolute atomic E-state index is 0.0766. The van der Waals surface area contributed by atoms with E-state index in [0.717, 1.165) is 6.42 Å². The van der Waals surface area contributed by atoms with Crippen molar-refractivity contribution in [3.63, 3.8) is 0 Å². The molecule has 0 atom stereocenters. The van der Waals surface area contributed by atoms with Crippen molar-refractivity contribution in [1.82, 2.24) is 0 Å². The van der Waals surface area contributed by atoms with Crippen LogP contribution in [0, 0.1) is 0 Å². The van der Waals surface area contributed by atoms with Crippen molar-refractivity contribution in [2.45, 2.75) is 58.3 Å². The lowest BCUT2D eigenvalue weighted by Gasteiger charge is -2.05. The van der Waals surface area contributed by atoms with Gasteiger partial charge in [0.1, 0.15) is 6.61 Å². The van der Waals surface area contributed by atoms with E-state index in [9.17, 15) is 9.59 Å². The number of hydrogen-bond donors (Lipinski definition) is 1. The zero-order valence-electron chi connectivity index (χ0n) is 11.9. The number of ether oxygens (including phenoxy) is 2. The standard InChI is InChI=1S/C14H26O5/c1-2-3-4-5-6-7-10-18-11-12-19-14(17)9-8-13(15)16/h2-12H2,1H3,(H,15,16). The van der Waals surface area contributed by atoms with E-state index in [-0.39, 0.29) is 19.4 Å². The number of unbranched alkanes of at least 4 members (excludes halogenated alkanes) is 5. The molecule has 0 heterocycles. The van der Waals surface area contributed by atoms with Crippen LogP contribution in [0.25, 0.3) is 0 Å². The molecular weight excluding hydrogens is 248 g/mol. The van der Waals surface area contributed by atoms with Gasteiger partial charge in [0.25, 0.3) is 0 Å². The van der Waals surface area contributed by atoms with Gasteiger partial charge < -0.3 is 14.6 Å². The summed E-state index contributed by atoms with van der Waals surface area (Å²) in [6.07, 6.45) is 7.05. The van der Waals surface area contributed by atoms with E-state index in [4.69, 9.17) is 14.6 Å². The molecule has 0 saturated carbocycles. The van der Waals surface area contributed by atoms with Crippen LogP contribution >= 0.6 is 0 Å². The van der Waals surface area contributed by atoms with E-state index < -0.39 is 11.9 Å². The highest BCUT2D eigenvalue weighted by Gasteiger charge is 2.05. The van der Waals surface area contributed by atoms with Crippen molar-refractivity contribution in [2.75, 3.05) is 19.8 Å². The number of carbonyl (C=O) groups excluding carboxylic acids is 1. The zero-order valence-corrected chi connectivity index (χ0v) is 11.9. The van der Waals surface area contributed by atoms with E-state index in [1.165, 1.54) is 32.1 Å². The number of esters is 1. The fraction of sp³-hybridized carbons (Fsp3) is 0.857. The van der Waals surface area contributed by atoms with E-state index in [2.05, 4.69) is 6.92 Å². The van der Waals surface area contributed by atoms with Crippen molar-refractivity contribution >= 4 is 11.9 Å². The van der Waals surface area contributed by atoms with Gasteiger partial charge in [-0.15, -0.1) is 0 Å². The Morgan fingerprint density at radius 2 is 1.58 bits per heavy atom. The summed E-state index contributed by atoms with van der Waals surface area (Å²) in [5, 5.41) is 8.38. The molecule has 0 aromatic rings. The van der Waals surface area contributed by atoms with Gasteiger partial charge in [0.2, 0.25) is 0 Å². The molecule has 0 saturated heterocycles. The Kier molecular flexibility index (Phi) is 12.6. The highest BCUT2D eigenvalue weighted by atomic mass is 16.6. The summed E-state index contributed by atoms with van der Waals surface area (Å²) in [6.45, 7) is 3.47. The molecule has 0 aliphatic heterocycles. The Labute approximate surface area is 115 Å². The highest BCUT2D eigenvalue weighted by Crippen LogP contribution is 2.04. The highest BCUT2D eigenvalue weighted by molar-refractivity contribution is 5.76. The quantitative estimate of drug-likeness (QED) is 0.413. The maximum Gasteiger partial charge on any atom is 0.306 e. The molecule has 0 unspecified atom stereocenters. The van der Waals surface area contributed by atoms with Gasteiger partial charge >= 0.3 is 11.9 Å². The summed E-state index contributed by atoms with van der Waals surface area (Å²) >= 11 is 0. The number of carbonyl (C=O) groups is 2. The molecule has 0 aliphatic carbocycles. The lowest BCUT2D eigenvalue weighted by molar-refractivity contribution is -0.148. The largest absolute Gasteiger partial charge is 0.481 e. The van der Waals surface area contributed by atoms with Gasteiger partial charge in [0, 0.05) is 6.61 Å². The first-order valence-corrected chi connectivity index (χ1v) is 7.12. The smallest absolute Gasteiger partial charge is 0.306 e. The van der Waals surface area contributed by atoms with Crippen molar-refractivity contribution in [3.05, 3.63) is 0 Å². The Hall–Kier alpha value is -1.10. The normalized spacial score (nSPS) is 10.4. The second kappa shape index (κ2) is 13.3. The van der Waals surface area contributed by atoms with Gasteiger partial charge in [-0.1, -0.05) is 39.0 Å². The molecule has 0 bridgehead atoms. The number of carboxylic acid groups (broad SMARTS) is 1. The van der Waals surface area contributed by atoms with E-state index in [0.29, 0.717) is 13.2 Å². The minimum atomic E-state index is -0.990. The molecule has 0 rings (SSSR count). The lowest BCUT2D eigenvalue weighted by atomic mass is 10.1. The summed E-state index contributed by atoms with van der Waals surface area (Å²) in [6, 6.07) is 0. The molecule has 19 heavy (non-hydrogen) atoms. The molecular formula is C14H26O5. The summed E-state index contributed by atoms with van der Waals surface area (Å²) in [4.78, 5) is 21.3. The lowest BCUT2D eigenvalue weighted by Crippen LogP contribution is -2.12. The molecule has 0 spiro atoms. The van der Waals surface area contributed by atoms with Gasteiger partial charge in [-0.3, -0.25) is 9.59 Å². The van der Waals surface area contributed by atoms with E-state index in [1.807, 2.05) is 0 Å². The number of rotatable bonds is 13. The molecule has 0 amide bonds. The molecule has 5 nitrogen and oxygen atoms in total. The summed E-state index contributed by atoms with van der Waals surface area (Å²) in [5.41, 5.74) is 0. The Morgan fingerprint density at radius 1 is 0.895 bits per heavy atom. The van der Waals surface area contributed by atoms with E-state index in [1.54, 1.807) is 0 Å². The topological polar surface area (TPSA) is 72.8 Å². The molecule has 0 radical (unpaired) electrons. The molecule has 0 aromatic heterocycles. The molecule has 1 N–H and O–H groups in total. The molecule has 0 aliphatic rings. The second-order valence-electron chi connectivity index (χ2n) is 4.49. The first-order valence-electron chi connectivity index (χ1n) is 7.12. The SMILES string of the molecule is CCCCCCCCOCCOC(=O)CCC(=O)O. The zero-order chi connectivity index (χ0) is 14.3. The van der Waals surface area contributed by atoms with Crippen LogP contribution in [-0.2, 0) is 19.1 Å². The maximum atomic E-state index is 11.0. The molecule has 0 aromatic carbocycles. The molecule has 5 heteroatoms. The van der Waals surface area contributed by atoms with Crippen LogP contribution in [0.3, 0.4) is 0 Å². The number of aliphatic carboxylic acids is 1. The third-order valence-corrected chi connectivity index (χ3v) is 2.68. The van der Waals surface area contributed by atoms with Crippen LogP contribution in [0.2, 0.25) is 0 Å². The van der Waals surface area contributed by atoms with Gasteiger partial charge in [0.05, 0.1) is 19.4 Å². The monoisotopic (exact) mass is 274 g/mol. The Morgan fingerprint density at radius 3 is 2.26 bits per heavy atom. The van der Waals surface area contributed by atoms with Gasteiger partial charge in [-0.05, 0) is 6.42 Å². The molecule has 0 fully saturated rings. The maximum absolute atomic E-state index is 11.0. The molecule has 112 valence electrons. The van der Waals surface area contributed by atoms with Crippen LogP contribution in [0.4, 0.5) is 0 Å². The Balaban J connectivity index is 3.13. The van der Waals surface area contributed by atoms with Crippen LogP contribution in [0.15, 0.2) is 0 Å². The van der Waals surface area contributed by atoms with Crippen molar-refractivity contribution in [2.24, 2.45) is 0 Å². The average Bonchev–Trinajstić information content (AvgIpc) is 2.38. The third kappa shape index (κ3) is 14.8. The fourth-order valence-electron chi connectivity index (χ4n) is 1.58. The summed E-state index contributed by atoms with van der Waals surface area (Å²) in [7, 11) is 0. The second-order valence-corrected chi connectivity index (χ2v) is 4.49. The van der Waals surface area contributed by atoms with Crippen LogP contribution in [0.5, 0.6) is 0 Å². The Bertz CT molecular complexity index is 240. The summed E-state index contributed by atoms with van der Waals surface area (Å²) < 4.78 is 10.1. The summed E-state index contributed by atoms with van der Waals surface area (Å²) in [5.74, 6) is -1.47. The van der Waals surface area contributed by atoms with Gasteiger partial charge in [-0.2, -0.15) is 0 Å². The van der Waals surface area contributed by atoms with Gasteiger partial charge in [0.15, 0.2) is 0 Å². The average molecular weight is 274 g/mol. The minimum Gasteiger partial charge on any atom is -0.481 e. The fourth-order valence-corrected chi connectivity index (χ4v) is 1.58. The van der Waals surface area contributed by atoms with Crippen molar-refractivity contribution < 1.29 is 24.2 Å². The van der Waals surface area contributed by atoms with Gasteiger partial charge in [-0.25, -0.2) is 0 Å².